The standard InChI is InChI=1S/C13H25N5O3S/c1-16(7-8-21-3)22(19,20)13-5-4-6-18(11-13)10-12-9-14-15-17(12)2/h9,13H,4-8,10-11H2,1-3H3. The summed E-state index contributed by atoms with van der Waals surface area (Å²) in [6.07, 6.45) is 3.32. The fourth-order valence-corrected chi connectivity index (χ4v) is 4.39. The number of piperidine rings is 1. The molecule has 1 atom stereocenters. The van der Waals surface area contributed by atoms with Gasteiger partial charge in [0.25, 0.3) is 0 Å². The van der Waals surface area contributed by atoms with E-state index in [4.69, 9.17) is 4.74 Å². The average molecular weight is 331 g/mol. The molecule has 1 aliphatic heterocycles. The Balaban J connectivity index is 1.99. The van der Waals surface area contributed by atoms with Crippen molar-refractivity contribution in [3.05, 3.63) is 11.9 Å². The number of nitrogens with zero attached hydrogens (tertiary/aromatic N) is 5. The molecular formula is C13H25N5O3S. The highest BCUT2D eigenvalue weighted by molar-refractivity contribution is 7.89. The molecule has 1 saturated heterocycles. The molecule has 0 bridgehead atoms. The van der Waals surface area contributed by atoms with Crippen LogP contribution < -0.4 is 0 Å². The van der Waals surface area contributed by atoms with Gasteiger partial charge >= 0.3 is 0 Å². The number of methoxy groups -OCH3 is 1. The molecule has 0 aliphatic carbocycles. The normalized spacial score (nSPS) is 20.6. The van der Waals surface area contributed by atoms with Gasteiger partial charge in [0.2, 0.25) is 10.0 Å². The number of hydrogen-bond acceptors (Lipinski definition) is 6. The van der Waals surface area contributed by atoms with Crippen molar-refractivity contribution in [1.29, 1.82) is 0 Å². The Kier molecular flexibility index (Phi) is 5.90. The van der Waals surface area contributed by atoms with Crippen LogP contribution in [0.1, 0.15) is 18.5 Å². The third-order valence-electron chi connectivity index (χ3n) is 4.12. The smallest absolute Gasteiger partial charge is 0.218 e. The van der Waals surface area contributed by atoms with E-state index in [1.54, 1.807) is 25.0 Å². The third kappa shape index (κ3) is 4.03. The van der Waals surface area contributed by atoms with Crippen LogP contribution in [0.15, 0.2) is 6.20 Å². The van der Waals surface area contributed by atoms with E-state index in [-0.39, 0.29) is 5.25 Å². The van der Waals surface area contributed by atoms with Crippen LogP contribution in [0.5, 0.6) is 0 Å². The Bertz CT molecular complexity index is 574. The number of likely N-dealkylation sites (tertiary alicyclic amines) is 1. The Morgan fingerprint density at radius 1 is 1.50 bits per heavy atom. The van der Waals surface area contributed by atoms with Crippen LogP contribution in [0.25, 0.3) is 0 Å². The fourth-order valence-electron chi connectivity index (χ4n) is 2.68. The second-order valence-electron chi connectivity index (χ2n) is 5.71. The van der Waals surface area contributed by atoms with Gasteiger partial charge in [-0.3, -0.25) is 9.58 Å². The summed E-state index contributed by atoms with van der Waals surface area (Å²) in [6, 6.07) is 0. The number of rotatable bonds is 7. The van der Waals surface area contributed by atoms with E-state index in [0.29, 0.717) is 32.7 Å². The van der Waals surface area contributed by atoms with Crippen LogP contribution >= 0.6 is 0 Å². The van der Waals surface area contributed by atoms with Crippen LogP contribution in [0, 0.1) is 0 Å². The molecule has 1 aliphatic rings. The number of likely N-dealkylation sites (N-methyl/N-ethyl adjacent to an activating group) is 1. The Morgan fingerprint density at radius 3 is 2.91 bits per heavy atom. The van der Waals surface area contributed by atoms with Crippen molar-refractivity contribution in [2.45, 2.75) is 24.6 Å². The van der Waals surface area contributed by atoms with Crippen LogP contribution in [-0.4, -0.2) is 78.3 Å². The molecule has 22 heavy (non-hydrogen) atoms. The summed E-state index contributed by atoms with van der Waals surface area (Å²) in [4.78, 5) is 2.16. The van der Waals surface area contributed by atoms with Crippen molar-refractivity contribution in [2.75, 3.05) is 40.4 Å². The summed E-state index contributed by atoms with van der Waals surface area (Å²) in [7, 11) is 1.76. The van der Waals surface area contributed by atoms with Crippen molar-refractivity contribution in [1.82, 2.24) is 24.2 Å². The second-order valence-corrected chi connectivity index (χ2v) is 8.03. The van der Waals surface area contributed by atoms with Crippen molar-refractivity contribution in [2.24, 2.45) is 7.05 Å². The zero-order chi connectivity index (χ0) is 16.2. The van der Waals surface area contributed by atoms with Gasteiger partial charge < -0.3 is 4.74 Å². The lowest BCUT2D eigenvalue weighted by molar-refractivity contribution is 0.182. The Morgan fingerprint density at radius 2 is 2.27 bits per heavy atom. The maximum absolute atomic E-state index is 12.6. The highest BCUT2D eigenvalue weighted by Gasteiger charge is 2.33. The number of sulfonamides is 1. The van der Waals surface area contributed by atoms with E-state index in [2.05, 4.69) is 15.2 Å². The van der Waals surface area contributed by atoms with Crippen LogP contribution in [-0.2, 0) is 28.4 Å². The summed E-state index contributed by atoms with van der Waals surface area (Å²) in [5.74, 6) is 0. The molecule has 8 nitrogen and oxygen atoms in total. The second kappa shape index (κ2) is 7.49. The average Bonchev–Trinajstić information content (AvgIpc) is 2.90. The molecule has 0 spiro atoms. The molecule has 1 fully saturated rings. The number of aryl methyl sites for hydroxylation is 1. The molecule has 0 N–H and O–H groups in total. The van der Waals surface area contributed by atoms with E-state index in [1.165, 1.54) is 4.31 Å². The summed E-state index contributed by atoms with van der Waals surface area (Å²) in [6.45, 7) is 2.93. The Hall–Kier alpha value is -1.03. The lowest BCUT2D eigenvalue weighted by atomic mass is 10.1. The molecule has 1 unspecified atom stereocenters. The topological polar surface area (TPSA) is 80.6 Å². The van der Waals surface area contributed by atoms with Gasteiger partial charge in [0.15, 0.2) is 0 Å². The number of aromatic nitrogens is 3. The van der Waals surface area contributed by atoms with E-state index in [9.17, 15) is 8.42 Å². The van der Waals surface area contributed by atoms with Gasteiger partial charge in [-0.25, -0.2) is 12.7 Å². The van der Waals surface area contributed by atoms with Gasteiger partial charge in [0.05, 0.1) is 23.7 Å². The fraction of sp³-hybridized carbons (Fsp3) is 0.846. The minimum Gasteiger partial charge on any atom is -0.383 e. The quantitative estimate of drug-likeness (QED) is 0.682. The maximum Gasteiger partial charge on any atom is 0.218 e. The predicted octanol–water partition coefficient (Wildman–Crippen LogP) is -0.312. The number of hydrogen-bond donors (Lipinski definition) is 0. The monoisotopic (exact) mass is 331 g/mol. The first-order valence-electron chi connectivity index (χ1n) is 7.45. The number of ether oxygens (including phenoxy) is 1. The molecule has 0 radical (unpaired) electrons. The van der Waals surface area contributed by atoms with Crippen molar-refractivity contribution < 1.29 is 13.2 Å². The zero-order valence-corrected chi connectivity index (χ0v) is 14.3. The molecular weight excluding hydrogens is 306 g/mol. The molecule has 0 amide bonds. The molecule has 126 valence electrons. The van der Waals surface area contributed by atoms with Gasteiger partial charge in [0, 0.05) is 40.8 Å². The Labute approximate surface area is 132 Å². The molecule has 2 rings (SSSR count). The largest absolute Gasteiger partial charge is 0.383 e. The summed E-state index contributed by atoms with van der Waals surface area (Å²) in [5, 5.41) is 7.42. The maximum atomic E-state index is 12.6. The van der Waals surface area contributed by atoms with Gasteiger partial charge in [-0.15, -0.1) is 5.10 Å². The van der Waals surface area contributed by atoms with E-state index >= 15 is 0 Å². The SMILES string of the molecule is COCCN(C)S(=O)(=O)C1CCCN(Cc2cnnn2C)C1. The summed E-state index contributed by atoms with van der Waals surface area (Å²) in [5.41, 5.74) is 0.991. The van der Waals surface area contributed by atoms with Crippen molar-refractivity contribution in [3.8, 4) is 0 Å². The molecule has 0 aromatic carbocycles. The third-order valence-corrected chi connectivity index (χ3v) is 6.40. The molecule has 9 heteroatoms. The van der Waals surface area contributed by atoms with Crippen LogP contribution in [0.4, 0.5) is 0 Å². The van der Waals surface area contributed by atoms with Crippen LogP contribution in [0.3, 0.4) is 0 Å². The lowest BCUT2D eigenvalue weighted by Crippen LogP contribution is -2.47. The van der Waals surface area contributed by atoms with Gasteiger partial charge in [0.1, 0.15) is 0 Å². The highest BCUT2D eigenvalue weighted by atomic mass is 32.2. The van der Waals surface area contributed by atoms with Gasteiger partial charge in [-0.05, 0) is 19.4 Å². The van der Waals surface area contributed by atoms with Crippen molar-refractivity contribution >= 4 is 10.0 Å². The highest BCUT2D eigenvalue weighted by Crippen LogP contribution is 2.20. The minimum atomic E-state index is -3.28. The van der Waals surface area contributed by atoms with Crippen molar-refractivity contribution in [3.63, 3.8) is 0 Å². The minimum absolute atomic E-state index is 0.357. The van der Waals surface area contributed by atoms with Gasteiger partial charge in [-0.2, -0.15) is 0 Å². The van der Waals surface area contributed by atoms with Crippen LogP contribution in [0.2, 0.25) is 0 Å². The van der Waals surface area contributed by atoms with E-state index in [0.717, 1.165) is 18.7 Å². The van der Waals surface area contributed by atoms with E-state index in [1.807, 2.05) is 7.05 Å². The zero-order valence-electron chi connectivity index (χ0n) is 13.5. The lowest BCUT2D eigenvalue weighted by Gasteiger charge is -2.34. The first kappa shape index (κ1) is 17.3. The molecule has 2 heterocycles. The molecule has 1 aromatic heterocycles. The predicted molar refractivity (Wildman–Crippen MR) is 82.7 cm³/mol. The summed E-state index contributed by atoms with van der Waals surface area (Å²) >= 11 is 0. The van der Waals surface area contributed by atoms with E-state index < -0.39 is 10.0 Å². The van der Waals surface area contributed by atoms with Gasteiger partial charge in [-0.1, -0.05) is 5.21 Å². The first-order chi connectivity index (χ1) is 10.4. The molecule has 0 saturated carbocycles. The molecule has 1 aromatic rings. The first-order valence-corrected chi connectivity index (χ1v) is 8.95. The summed E-state index contributed by atoms with van der Waals surface area (Å²) < 4.78 is 33.3.